The van der Waals surface area contributed by atoms with E-state index in [4.69, 9.17) is 10.2 Å². The van der Waals surface area contributed by atoms with Crippen molar-refractivity contribution in [1.82, 2.24) is 15.1 Å². The third-order valence-corrected chi connectivity index (χ3v) is 3.52. The maximum atomic E-state index is 11.9. The van der Waals surface area contributed by atoms with E-state index in [2.05, 4.69) is 20.4 Å². The van der Waals surface area contributed by atoms with Gasteiger partial charge in [-0.1, -0.05) is 5.10 Å². The molecule has 3 N–H and O–H groups in total. The molecule has 1 saturated heterocycles. The Labute approximate surface area is 111 Å². The zero-order valence-corrected chi connectivity index (χ0v) is 10.8. The van der Waals surface area contributed by atoms with Crippen LogP contribution in [0.1, 0.15) is 37.5 Å². The number of rotatable bonds is 4. The number of carbonyl (C=O) groups excluding carboxylic acids is 1. The van der Waals surface area contributed by atoms with E-state index in [1.54, 1.807) is 0 Å². The molecule has 7 nitrogen and oxygen atoms in total. The summed E-state index contributed by atoms with van der Waals surface area (Å²) < 4.78 is 5.39. The second kappa shape index (κ2) is 5.26. The molecule has 7 heteroatoms. The van der Waals surface area contributed by atoms with Crippen molar-refractivity contribution in [1.29, 1.82) is 0 Å². The molecule has 2 heterocycles. The summed E-state index contributed by atoms with van der Waals surface area (Å²) in [6.45, 7) is 2.01. The van der Waals surface area contributed by atoms with Crippen LogP contribution in [0.4, 0.5) is 6.01 Å². The number of hydrogen-bond acceptors (Lipinski definition) is 6. The zero-order valence-electron chi connectivity index (χ0n) is 10.8. The lowest BCUT2D eigenvalue weighted by molar-refractivity contribution is -0.117. The van der Waals surface area contributed by atoms with Gasteiger partial charge in [0.25, 0.3) is 0 Å². The summed E-state index contributed by atoms with van der Waals surface area (Å²) >= 11 is 0. The second-order valence-corrected chi connectivity index (χ2v) is 5.41. The van der Waals surface area contributed by atoms with Crippen molar-refractivity contribution in [3.05, 3.63) is 5.89 Å². The highest BCUT2D eigenvalue weighted by molar-refractivity contribution is 5.90. The van der Waals surface area contributed by atoms with Gasteiger partial charge in [-0.3, -0.25) is 15.0 Å². The van der Waals surface area contributed by atoms with Gasteiger partial charge in [-0.15, -0.1) is 5.10 Å². The normalized spacial score (nSPS) is 24.4. The van der Waals surface area contributed by atoms with Gasteiger partial charge < -0.3 is 10.2 Å². The van der Waals surface area contributed by atoms with Crippen LogP contribution in [-0.2, 0) is 4.79 Å². The first-order chi connectivity index (χ1) is 9.20. The lowest BCUT2D eigenvalue weighted by Gasteiger charge is -2.29. The maximum Gasteiger partial charge on any atom is 0.322 e. The molecule has 3 rings (SSSR count). The van der Waals surface area contributed by atoms with Crippen molar-refractivity contribution < 1.29 is 9.21 Å². The molecule has 1 aliphatic heterocycles. The summed E-state index contributed by atoms with van der Waals surface area (Å²) in [5.74, 6) is 0.911. The highest BCUT2D eigenvalue weighted by Crippen LogP contribution is 2.39. The number of piperidine rings is 1. The van der Waals surface area contributed by atoms with Crippen LogP contribution in [-0.4, -0.2) is 46.7 Å². The maximum absolute atomic E-state index is 11.9. The fourth-order valence-electron chi connectivity index (χ4n) is 2.38. The number of nitrogens with one attached hydrogen (secondary N) is 1. The van der Waals surface area contributed by atoms with Crippen molar-refractivity contribution in [2.75, 3.05) is 25.0 Å². The minimum atomic E-state index is -0.125. The Kier molecular flexibility index (Phi) is 3.48. The molecule has 1 saturated carbocycles. The van der Waals surface area contributed by atoms with Gasteiger partial charge >= 0.3 is 6.01 Å². The molecule has 1 aromatic heterocycles. The number of aromatic nitrogens is 2. The molecule has 0 bridgehead atoms. The quantitative estimate of drug-likeness (QED) is 0.813. The summed E-state index contributed by atoms with van der Waals surface area (Å²) in [6, 6.07) is 0.375. The standard InChI is InChI=1S/C12H19N5O2/c13-9-2-1-5-17(6-9)7-10(18)14-12-16-15-11(19-12)8-3-4-8/h8-9H,1-7,13H2,(H,14,16,18). The molecular weight excluding hydrogens is 246 g/mol. The van der Waals surface area contributed by atoms with Crippen LogP contribution in [0.5, 0.6) is 0 Å². The molecule has 19 heavy (non-hydrogen) atoms. The zero-order chi connectivity index (χ0) is 13.2. The fourth-order valence-corrected chi connectivity index (χ4v) is 2.38. The summed E-state index contributed by atoms with van der Waals surface area (Å²) in [5, 5.41) is 10.4. The van der Waals surface area contributed by atoms with E-state index < -0.39 is 0 Å². The lowest BCUT2D eigenvalue weighted by Crippen LogP contribution is -2.45. The number of nitrogens with zero attached hydrogens (tertiary/aromatic N) is 3. The molecule has 1 aliphatic carbocycles. The molecule has 0 radical (unpaired) electrons. The van der Waals surface area contributed by atoms with Gasteiger partial charge in [-0.05, 0) is 32.2 Å². The van der Waals surface area contributed by atoms with E-state index in [0.29, 0.717) is 18.4 Å². The SMILES string of the molecule is NC1CCCN(CC(=O)Nc2nnc(C3CC3)o2)C1. The number of carbonyl (C=O) groups is 1. The van der Waals surface area contributed by atoms with Crippen LogP contribution in [0.15, 0.2) is 4.42 Å². The largest absolute Gasteiger partial charge is 0.408 e. The molecule has 0 spiro atoms. The molecule has 2 fully saturated rings. The molecule has 1 amide bonds. The van der Waals surface area contributed by atoms with E-state index in [9.17, 15) is 4.79 Å². The van der Waals surface area contributed by atoms with E-state index >= 15 is 0 Å². The molecular formula is C12H19N5O2. The third-order valence-electron chi connectivity index (χ3n) is 3.52. The van der Waals surface area contributed by atoms with E-state index in [0.717, 1.165) is 38.8 Å². The van der Waals surface area contributed by atoms with Crippen molar-refractivity contribution in [2.45, 2.75) is 37.6 Å². The van der Waals surface area contributed by atoms with Crippen molar-refractivity contribution >= 4 is 11.9 Å². The third kappa shape index (κ3) is 3.30. The van der Waals surface area contributed by atoms with E-state index in [1.807, 2.05) is 0 Å². The van der Waals surface area contributed by atoms with Gasteiger partial charge in [0.1, 0.15) is 0 Å². The average molecular weight is 265 g/mol. The molecule has 104 valence electrons. The number of likely N-dealkylation sites (tertiary alicyclic amines) is 1. The topological polar surface area (TPSA) is 97.3 Å². The Hall–Kier alpha value is -1.47. The van der Waals surface area contributed by atoms with Crippen LogP contribution < -0.4 is 11.1 Å². The van der Waals surface area contributed by atoms with Gasteiger partial charge in [0.05, 0.1) is 6.54 Å². The number of amides is 1. The van der Waals surface area contributed by atoms with Crippen LogP contribution >= 0.6 is 0 Å². The summed E-state index contributed by atoms with van der Waals surface area (Å²) in [7, 11) is 0. The first-order valence-electron chi connectivity index (χ1n) is 6.82. The van der Waals surface area contributed by atoms with Crippen molar-refractivity contribution in [3.8, 4) is 0 Å². The lowest BCUT2D eigenvalue weighted by atomic mass is 10.1. The monoisotopic (exact) mass is 265 g/mol. The van der Waals surface area contributed by atoms with Gasteiger partial charge in [-0.25, -0.2) is 0 Å². The van der Waals surface area contributed by atoms with E-state index in [1.165, 1.54) is 0 Å². The fraction of sp³-hybridized carbons (Fsp3) is 0.750. The molecule has 1 atom stereocenters. The van der Waals surface area contributed by atoms with Gasteiger partial charge in [0.15, 0.2) is 0 Å². The van der Waals surface area contributed by atoms with Gasteiger partial charge in [-0.2, -0.15) is 0 Å². The predicted octanol–water partition coefficient (Wildman–Crippen LogP) is 0.309. The van der Waals surface area contributed by atoms with Crippen molar-refractivity contribution in [2.24, 2.45) is 5.73 Å². The minimum absolute atomic E-state index is 0.125. The summed E-state index contributed by atoms with van der Waals surface area (Å²) in [6.07, 6.45) is 4.27. The first-order valence-corrected chi connectivity index (χ1v) is 6.82. The Balaban J connectivity index is 1.49. The van der Waals surface area contributed by atoms with Crippen LogP contribution in [0.25, 0.3) is 0 Å². The summed E-state index contributed by atoms with van der Waals surface area (Å²) in [5.41, 5.74) is 5.88. The Morgan fingerprint density at radius 1 is 1.42 bits per heavy atom. The number of anilines is 1. The average Bonchev–Trinajstić information content (AvgIpc) is 3.11. The molecule has 0 aromatic carbocycles. The minimum Gasteiger partial charge on any atom is -0.408 e. The smallest absolute Gasteiger partial charge is 0.322 e. The van der Waals surface area contributed by atoms with Gasteiger partial charge in [0.2, 0.25) is 11.8 Å². The van der Waals surface area contributed by atoms with Crippen LogP contribution in [0, 0.1) is 0 Å². The first kappa shape index (κ1) is 12.6. The van der Waals surface area contributed by atoms with E-state index in [-0.39, 0.29) is 18.0 Å². The van der Waals surface area contributed by atoms with Gasteiger partial charge in [0, 0.05) is 18.5 Å². The Morgan fingerprint density at radius 2 is 2.26 bits per heavy atom. The summed E-state index contributed by atoms with van der Waals surface area (Å²) in [4.78, 5) is 13.9. The Morgan fingerprint density at radius 3 is 3.00 bits per heavy atom. The highest BCUT2D eigenvalue weighted by atomic mass is 16.4. The number of hydrogen-bond donors (Lipinski definition) is 2. The van der Waals surface area contributed by atoms with Crippen molar-refractivity contribution in [3.63, 3.8) is 0 Å². The second-order valence-electron chi connectivity index (χ2n) is 5.41. The number of nitrogens with two attached hydrogens (primary N) is 1. The van der Waals surface area contributed by atoms with Crippen LogP contribution in [0.3, 0.4) is 0 Å². The molecule has 1 aromatic rings. The Bertz CT molecular complexity index is 457. The molecule has 2 aliphatic rings. The highest BCUT2D eigenvalue weighted by Gasteiger charge is 2.29. The predicted molar refractivity (Wildman–Crippen MR) is 68.6 cm³/mol. The van der Waals surface area contributed by atoms with Crippen LogP contribution in [0.2, 0.25) is 0 Å². The molecule has 1 unspecified atom stereocenters.